The number of allylic oxidation sites excluding steroid dienone is 6. The molecule has 1 aliphatic carbocycles. The minimum atomic E-state index is -0.918. The fraction of sp³-hybridized carbons (Fsp3) is 0.407. The molecule has 2 N–H and O–H groups in total. The van der Waals surface area contributed by atoms with E-state index >= 15 is 0 Å². The van der Waals surface area contributed by atoms with Crippen LogP contribution < -0.4 is 4.90 Å². The predicted molar refractivity (Wildman–Crippen MR) is 127 cm³/mol. The third-order valence-corrected chi connectivity index (χ3v) is 6.47. The molecule has 0 aromatic heterocycles. The highest BCUT2D eigenvalue weighted by atomic mass is 16.5. The van der Waals surface area contributed by atoms with Gasteiger partial charge in [0, 0.05) is 11.6 Å². The maximum atomic E-state index is 12.3. The van der Waals surface area contributed by atoms with Crippen LogP contribution in [0.25, 0.3) is 0 Å². The molecule has 33 heavy (non-hydrogen) atoms. The van der Waals surface area contributed by atoms with Crippen molar-refractivity contribution in [3.05, 3.63) is 76.4 Å². The number of hydrogen-bond acceptors (Lipinski definition) is 4. The van der Waals surface area contributed by atoms with Crippen molar-refractivity contribution in [1.82, 2.24) is 0 Å². The van der Waals surface area contributed by atoms with E-state index in [0.29, 0.717) is 5.56 Å². The summed E-state index contributed by atoms with van der Waals surface area (Å²) in [5.74, 6) is -0.715. The summed E-state index contributed by atoms with van der Waals surface area (Å²) in [7, 11) is 2.94. The average Bonchev–Trinajstić information content (AvgIpc) is 3.01. The SMILES string of the molecule is CCCCCC[NH+]1C(=CC=C2C=C(OC)C(=O)C(OC)=C2)C(C)(C)c2cc(C(=O)O)ccc21. The number of carbonyl (C=O) groups excluding carboxylic acids is 1. The molecule has 176 valence electrons. The smallest absolute Gasteiger partial charge is 0.335 e. The van der Waals surface area contributed by atoms with E-state index in [2.05, 4.69) is 26.8 Å². The number of carboxylic acids is 1. The van der Waals surface area contributed by atoms with E-state index in [-0.39, 0.29) is 22.7 Å². The van der Waals surface area contributed by atoms with Gasteiger partial charge in [0.05, 0.1) is 31.7 Å². The second kappa shape index (κ2) is 10.2. The Balaban J connectivity index is 2.05. The van der Waals surface area contributed by atoms with Crippen molar-refractivity contribution in [3.8, 4) is 0 Å². The second-order valence-corrected chi connectivity index (χ2v) is 8.98. The number of Topliss-reactive ketones (excluding diaryl/α,β-unsaturated/α-hetero) is 1. The highest BCUT2D eigenvalue weighted by Gasteiger charge is 2.45. The number of fused-ring (bicyclic) bond motifs is 1. The number of rotatable bonds is 9. The Morgan fingerprint density at radius 1 is 1.06 bits per heavy atom. The van der Waals surface area contributed by atoms with E-state index in [1.54, 1.807) is 18.2 Å². The van der Waals surface area contributed by atoms with Crippen LogP contribution in [-0.4, -0.2) is 37.6 Å². The quantitative estimate of drug-likeness (QED) is 0.549. The summed E-state index contributed by atoms with van der Waals surface area (Å²) in [4.78, 5) is 25.1. The van der Waals surface area contributed by atoms with Crippen LogP contribution in [0.4, 0.5) is 5.69 Å². The fourth-order valence-corrected chi connectivity index (χ4v) is 4.61. The maximum absolute atomic E-state index is 12.3. The molecular formula is C27H34NO5+. The third-order valence-electron chi connectivity index (χ3n) is 6.47. The fourth-order valence-electron chi connectivity index (χ4n) is 4.61. The standard InChI is InChI=1S/C27H33NO5/c1-6-7-8-9-14-28-21-12-11-19(26(30)31)17-20(21)27(2,3)24(28)13-10-18-15-22(32-4)25(29)23(16-18)33-5/h10-13,15-17H,6-9,14H2,1-5H3,(H,30,31)/p+1. The summed E-state index contributed by atoms with van der Waals surface area (Å²) in [6, 6.07) is 5.45. The number of hydrogen-bond donors (Lipinski definition) is 2. The summed E-state index contributed by atoms with van der Waals surface area (Å²) >= 11 is 0. The largest absolute Gasteiger partial charge is 0.492 e. The van der Waals surface area contributed by atoms with Crippen LogP contribution in [0.1, 0.15) is 62.4 Å². The molecule has 1 unspecified atom stereocenters. The van der Waals surface area contributed by atoms with Gasteiger partial charge in [-0.15, -0.1) is 0 Å². The number of carboxylic acid groups (broad SMARTS) is 1. The Morgan fingerprint density at radius 3 is 2.30 bits per heavy atom. The van der Waals surface area contributed by atoms with Gasteiger partial charge in [-0.25, -0.2) is 4.79 Å². The molecule has 0 amide bonds. The molecule has 6 nitrogen and oxygen atoms in total. The van der Waals surface area contributed by atoms with Crippen molar-refractivity contribution in [1.29, 1.82) is 0 Å². The molecule has 0 radical (unpaired) electrons. The molecule has 1 aromatic carbocycles. The number of ether oxygens (including phenoxy) is 2. The van der Waals surface area contributed by atoms with E-state index in [4.69, 9.17) is 9.47 Å². The van der Waals surface area contributed by atoms with Gasteiger partial charge in [-0.05, 0) is 68.7 Å². The Labute approximate surface area is 195 Å². The van der Waals surface area contributed by atoms with Crippen molar-refractivity contribution >= 4 is 17.4 Å². The molecule has 1 heterocycles. The molecular weight excluding hydrogens is 418 g/mol. The normalized spacial score (nSPS) is 20.3. The number of aromatic carboxylic acids is 1. The maximum Gasteiger partial charge on any atom is 0.335 e. The van der Waals surface area contributed by atoms with Crippen LogP contribution in [0, 0.1) is 0 Å². The number of unbranched alkanes of at least 4 members (excludes halogenated alkanes) is 3. The highest BCUT2D eigenvalue weighted by molar-refractivity contribution is 6.07. The number of ketones is 1. The summed E-state index contributed by atoms with van der Waals surface area (Å²) in [6.07, 6.45) is 12.1. The number of quaternary nitrogens is 1. The lowest BCUT2D eigenvalue weighted by atomic mass is 9.83. The second-order valence-electron chi connectivity index (χ2n) is 8.98. The molecule has 1 aromatic rings. The Hall–Kier alpha value is -3.12. The minimum Gasteiger partial charge on any atom is -0.492 e. The molecule has 1 atom stereocenters. The zero-order valence-corrected chi connectivity index (χ0v) is 20.2. The first kappa shape index (κ1) is 24.5. The van der Waals surface area contributed by atoms with Crippen molar-refractivity contribution in [2.75, 3.05) is 20.8 Å². The van der Waals surface area contributed by atoms with Crippen LogP contribution in [-0.2, 0) is 19.7 Å². The summed E-state index contributed by atoms with van der Waals surface area (Å²) < 4.78 is 10.5. The first-order valence-electron chi connectivity index (χ1n) is 11.5. The van der Waals surface area contributed by atoms with Crippen LogP contribution in [0.3, 0.4) is 0 Å². The summed E-state index contributed by atoms with van der Waals surface area (Å²) in [5.41, 5.74) is 4.10. The molecule has 0 saturated carbocycles. The lowest BCUT2D eigenvalue weighted by Crippen LogP contribution is -3.04. The number of nitrogens with one attached hydrogen (secondary N) is 1. The molecule has 0 spiro atoms. The van der Waals surface area contributed by atoms with Crippen LogP contribution >= 0.6 is 0 Å². The number of methoxy groups -OCH3 is 2. The highest BCUT2D eigenvalue weighted by Crippen LogP contribution is 2.39. The zero-order chi connectivity index (χ0) is 24.2. The van der Waals surface area contributed by atoms with Crippen molar-refractivity contribution in [2.24, 2.45) is 0 Å². The van der Waals surface area contributed by atoms with Crippen LogP contribution in [0.15, 0.2) is 65.3 Å². The van der Waals surface area contributed by atoms with Crippen LogP contribution in [0.5, 0.6) is 0 Å². The van der Waals surface area contributed by atoms with Gasteiger partial charge in [0.15, 0.2) is 11.5 Å². The molecule has 6 heteroatoms. The lowest BCUT2D eigenvalue weighted by molar-refractivity contribution is -0.789. The number of benzene rings is 1. The van der Waals surface area contributed by atoms with Gasteiger partial charge in [-0.1, -0.05) is 19.8 Å². The van der Waals surface area contributed by atoms with Gasteiger partial charge in [0.25, 0.3) is 5.78 Å². The molecule has 0 fully saturated rings. The van der Waals surface area contributed by atoms with Gasteiger partial charge in [0.2, 0.25) is 0 Å². The van der Waals surface area contributed by atoms with E-state index in [1.165, 1.54) is 44.1 Å². The number of carbonyl (C=O) groups is 2. The third kappa shape index (κ3) is 4.96. The van der Waals surface area contributed by atoms with Gasteiger partial charge in [-0.3, -0.25) is 9.69 Å². The average molecular weight is 453 g/mol. The van der Waals surface area contributed by atoms with E-state index in [0.717, 1.165) is 29.8 Å². The molecule has 2 aliphatic rings. The molecule has 0 saturated heterocycles. The van der Waals surface area contributed by atoms with Crippen molar-refractivity contribution in [3.63, 3.8) is 0 Å². The topological polar surface area (TPSA) is 77.3 Å². The monoisotopic (exact) mass is 452 g/mol. The summed E-state index contributed by atoms with van der Waals surface area (Å²) in [6.45, 7) is 7.41. The molecule has 1 aliphatic heterocycles. The Bertz CT molecular complexity index is 1030. The Kier molecular flexibility index (Phi) is 7.59. The van der Waals surface area contributed by atoms with Gasteiger partial charge >= 0.3 is 5.97 Å². The summed E-state index contributed by atoms with van der Waals surface area (Å²) in [5, 5.41) is 9.51. The van der Waals surface area contributed by atoms with Crippen molar-refractivity contribution in [2.45, 2.75) is 51.9 Å². The molecule has 0 bridgehead atoms. The van der Waals surface area contributed by atoms with Crippen LogP contribution in [0.2, 0.25) is 0 Å². The lowest BCUT2D eigenvalue weighted by Gasteiger charge is -2.21. The van der Waals surface area contributed by atoms with Crippen molar-refractivity contribution < 1.29 is 29.1 Å². The zero-order valence-electron chi connectivity index (χ0n) is 20.2. The van der Waals surface area contributed by atoms with Gasteiger partial charge in [-0.2, -0.15) is 0 Å². The predicted octanol–water partition coefficient (Wildman–Crippen LogP) is 4.23. The molecule has 3 rings (SSSR count). The van der Waals surface area contributed by atoms with E-state index < -0.39 is 5.97 Å². The van der Waals surface area contributed by atoms with E-state index in [1.807, 2.05) is 18.2 Å². The van der Waals surface area contributed by atoms with Gasteiger partial charge in [0.1, 0.15) is 11.4 Å². The Morgan fingerprint density at radius 2 is 1.73 bits per heavy atom. The first-order chi connectivity index (χ1) is 15.7. The van der Waals surface area contributed by atoms with Gasteiger partial charge < -0.3 is 14.6 Å². The first-order valence-corrected chi connectivity index (χ1v) is 11.5. The van der Waals surface area contributed by atoms with E-state index in [9.17, 15) is 14.7 Å². The minimum absolute atomic E-state index is 0.239.